The van der Waals surface area contributed by atoms with Crippen LogP contribution in [0.2, 0.25) is 0 Å². The van der Waals surface area contributed by atoms with Gasteiger partial charge < -0.3 is 15.5 Å². The van der Waals surface area contributed by atoms with E-state index < -0.39 is 23.2 Å². The van der Waals surface area contributed by atoms with E-state index in [1.165, 1.54) is 12.1 Å². The standard InChI is InChI=1S/C17H12F3N3O2/c1-8-6-12-14(16(24)23-8)13(11(7-21)15(22)25-12)9-2-4-10(5-3-9)17(18,19)20/h2-6,13H,22H2,1H3,(H,23,24)/t13-/m0/s1. The molecule has 2 heterocycles. The Bertz CT molecular complexity index is 967. The van der Waals surface area contributed by atoms with Gasteiger partial charge in [-0.1, -0.05) is 12.1 Å². The quantitative estimate of drug-likeness (QED) is 0.830. The SMILES string of the molecule is Cc1cc2c(c(=O)[nH]1)[C@@H](c1ccc(C(F)(F)F)cc1)C(C#N)=C(N)O2. The van der Waals surface area contributed by atoms with Crippen LogP contribution in [0.1, 0.15) is 28.3 Å². The van der Waals surface area contributed by atoms with E-state index in [9.17, 15) is 23.2 Å². The molecule has 0 spiro atoms. The van der Waals surface area contributed by atoms with Gasteiger partial charge in [0.05, 0.1) is 17.0 Å². The van der Waals surface area contributed by atoms with Crippen molar-refractivity contribution in [1.82, 2.24) is 4.98 Å². The number of nitrogens with zero attached hydrogens (tertiary/aromatic N) is 1. The molecule has 3 N–H and O–H groups in total. The number of H-pyrrole nitrogens is 1. The monoisotopic (exact) mass is 347 g/mol. The molecule has 8 heteroatoms. The predicted octanol–water partition coefficient (Wildman–Crippen LogP) is 2.92. The van der Waals surface area contributed by atoms with Gasteiger partial charge >= 0.3 is 6.18 Å². The lowest BCUT2D eigenvalue weighted by molar-refractivity contribution is -0.137. The summed E-state index contributed by atoms with van der Waals surface area (Å²) < 4.78 is 43.6. The first-order valence-electron chi connectivity index (χ1n) is 7.21. The first-order valence-corrected chi connectivity index (χ1v) is 7.21. The van der Waals surface area contributed by atoms with Crippen LogP contribution >= 0.6 is 0 Å². The van der Waals surface area contributed by atoms with E-state index in [-0.39, 0.29) is 22.8 Å². The van der Waals surface area contributed by atoms with Crippen molar-refractivity contribution in [3.8, 4) is 11.8 Å². The normalized spacial score (nSPS) is 16.8. The van der Waals surface area contributed by atoms with Crippen molar-refractivity contribution < 1.29 is 17.9 Å². The van der Waals surface area contributed by atoms with Crippen molar-refractivity contribution in [3.05, 3.63) is 74.5 Å². The summed E-state index contributed by atoms with van der Waals surface area (Å²) in [6.07, 6.45) is -4.48. The minimum atomic E-state index is -4.48. The van der Waals surface area contributed by atoms with Crippen molar-refractivity contribution in [2.45, 2.75) is 19.0 Å². The molecule has 2 aromatic rings. The second-order valence-electron chi connectivity index (χ2n) is 5.60. The predicted molar refractivity (Wildman–Crippen MR) is 82.5 cm³/mol. The van der Waals surface area contributed by atoms with Crippen LogP contribution in [0.15, 0.2) is 46.6 Å². The summed E-state index contributed by atoms with van der Waals surface area (Å²) in [5.74, 6) is -0.895. The van der Waals surface area contributed by atoms with E-state index in [2.05, 4.69) is 4.98 Å². The largest absolute Gasteiger partial charge is 0.440 e. The number of rotatable bonds is 1. The number of aromatic amines is 1. The molecule has 0 amide bonds. The zero-order chi connectivity index (χ0) is 18.4. The van der Waals surface area contributed by atoms with Crippen LogP contribution in [0.5, 0.6) is 5.75 Å². The number of benzene rings is 1. The second kappa shape index (κ2) is 5.70. The third-order valence-electron chi connectivity index (χ3n) is 3.92. The molecular weight excluding hydrogens is 335 g/mol. The Labute approximate surface area is 140 Å². The van der Waals surface area contributed by atoms with Crippen molar-refractivity contribution in [1.29, 1.82) is 5.26 Å². The maximum atomic E-state index is 12.8. The summed E-state index contributed by atoms with van der Waals surface area (Å²) in [7, 11) is 0. The van der Waals surface area contributed by atoms with Gasteiger partial charge in [-0.25, -0.2) is 0 Å². The van der Waals surface area contributed by atoms with Gasteiger partial charge in [0.2, 0.25) is 5.88 Å². The van der Waals surface area contributed by atoms with Crippen molar-refractivity contribution in [2.24, 2.45) is 5.73 Å². The summed E-state index contributed by atoms with van der Waals surface area (Å²) in [5, 5.41) is 9.39. The number of fused-ring (bicyclic) bond motifs is 1. The molecule has 0 radical (unpaired) electrons. The molecule has 25 heavy (non-hydrogen) atoms. The van der Waals surface area contributed by atoms with Crippen LogP contribution in [-0.2, 0) is 6.18 Å². The van der Waals surface area contributed by atoms with Crippen LogP contribution in [0, 0.1) is 18.3 Å². The molecule has 1 atom stereocenters. The van der Waals surface area contributed by atoms with E-state index in [0.717, 1.165) is 12.1 Å². The number of halogens is 3. The number of nitriles is 1. The Morgan fingerprint density at radius 3 is 2.48 bits per heavy atom. The van der Waals surface area contributed by atoms with Gasteiger partial charge in [-0.2, -0.15) is 18.4 Å². The van der Waals surface area contributed by atoms with Gasteiger partial charge in [-0.05, 0) is 24.6 Å². The molecule has 0 aliphatic carbocycles. The number of aromatic nitrogens is 1. The Balaban J connectivity index is 2.21. The smallest absolute Gasteiger partial charge is 0.416 e. The molecule has 3 rings (SSSR count). The maximum Gasteiger partial charge on any atom is 0.416 e. The van der Waals surface area contributed by atoms with Crippen LogP contribution < -0.4 is 16.0 Å². The van der Waals surface area contributed by atoms with E-state index in [4.69, 9.17) is 10.5 Å². The molecule has 1 aliphatic rings. The Hall–Kier alpha value is -3.21. The zero-order valence-corrected chi connectivity index (χ0v) is 12.9. The fourth-order valence-electron chi connectivity index (χ4n) is 2.80. The number of nitrogens with two attached hydrogens (primary N) is 1. The van der Waals surface area contributed by atoms with Gasteiger partial charge in [0.25, 0.3) is 5.56 Å². The topological polar surface area (TPSA) is 91.9 Å². The van der Waals surface area contributed by atoms with Crippen molar-refractivity contribution in [2.75, 3.05) is 0 Å². The summed E-state index contributed by atoms with van der Waals surface area (Å²) in [4.78, 5) is 15.0. The van der Waals surface area contributed by atoms with E-state index >= 15 is 0 Å². The number of pyridine rings is 1. The summed E-state index contributed by atoms with van der Waals surface area (Å²) >= 11 is 0. The van der Waals surface area contributed by atoms with E-state index in [1.54, 1.807) is 13.0 Å². The van der Waals surface area contributed by atoms with Gasteiger partial charge in [-0.3, -0.25) is 4.79 Å². The van der Waals surface area contributed by atoms with Crippen LogP contribution in [0.4, 0.5) is 13.2 Å². The molecule has 5 nitrogen and oxygen atoms in total. The summed E-state index contributed by atoms with van der Waals surface area (Å²) in [6, 6.07) is 7.69. The summed E-state index contributed by atoms with van der Waals surface area (Å²) in [6.45, 7) is 1.65. The lowest BCUT2D eigenvalue weighted by atomic mass is 9.84. The lowest BCUT2D eigenvalue weighted by Gasteiger charge is -2.26. The highest BCUT2D eigenvalue weighted by Gasteiger charge is 2.35. The van der Waals surface area contributed by atoms with Gasteiger partial charge in [-0.15, -0.1) is 0 Å². The molecule has 1 aromatic carbocycles. The van der Waals surface area contributed by atoms with Crippen LogP contribution in [0.3, 0.4) is 0 Å². The van der Waals surface area contributed by atoms with Crippen LogP contribution in [-0.4, -0.2) is 4.98 Å². The fraction of sp³-hybridized carbons (Fsp3) is 0.176. The zero-order valence-electron chi connectivity index (χ0n) is 12.9. The van der Waals surface area contributed by atoms with Gasteiger partial charge in [0.15, 0.2) is 0 Å². The molecule has 0 unspecified atom stereocenters. The lowest BCUT2D eigenvalue weighted by Crippen LogP contribution is -2.28. The Morgan fingerprint density at radius 1 is 1.28 bits per heavy atom. The highest BCUT2D eigenvalue weighted by Crippen LogP contribution is 2.40. The van der Waals surface area contributed by atoms with Crippen LogP contribution in [0.25, 0.3) is 0 Å². The van der Waals surface area contributed by atoms with E-state index in [0.29, 0.717) is 11.3 Å². The third kappa shape index (κ3) is 2.85. The average Bonchev–Trinajstić information content (AvgIpc) is 2.52. The fourth-order valence-corrected chi connectivity index (χ4v) is 2.80. The second-order valence-corrected chi connectivity index (χ2v) is 5.60. The number of hydrogen-bond acceptors (Lipinski definition) is 4. The Kier molecular flexibility index (Phi) is 3.80. The first kappa shape index (κ1) is 16.6. The molecule has 0 bridgehead atoms. The maximum absolute atomic E-state index is 12.8. The number of alkyl halides is 3. The number of ether oxygens (including phenoxy) is 1. The van der Waals surface area contributed by atoms with Crippen molar-refractivity contribution in [3.63, 3.8) is 0 Å². The number of aryl methyl sites for hydroxylation is 1. The molecule has 1 aliphatic heterocycles. The Morgan fingerprint density at radius 2 is 1.92 bits per heavy atom. The van der Waals surface area contributed by atoms with Gasteiger partial charge in [0, 0.05) is 11.8 Å². The minimum absolute atomic E-state index is 0.0263. The molecule has 0 saturated carbocycles. The summed E-state index contributed by atoms with van der Waals surface area (Å²) in [5.41, 5.74) is 5.44. The highest BCUT2D eigenvalue weighted by atomic mass is 19.4. The molecule has 1 aromatic heterocycles. The highest BCUT2D eigenvalue weighted by molar-refractivity contribution is 5.55. The van der Waals surface area contributed by atoms with Gasteiger partial charge in [0.1, 0.15) is 17.4 Å². The molecule has 128 valence electrons. The number of allylic oxidation sites excluding steroid dienone is 1. The van der Waals surface area contributed by atoms with Crippen molar-refractivity contribution >= 4 is 0 Å². The number of hydrogen-bond donors (Lipinski definition) is 2. The molecule has 0 fully saturated rings. The molecular formula is C17H12F3N3O2. The number of nitrogens with one attached hydrogen (secondary N) is 1. The minimum Gasteiger partial charge on any atom is -0.440 e. The first-order chi connectivity index (χ1) is 11.7. The third-order valence-corrected chi connectivity index (χ3v) is 3.92. The molecule has 0 saturated heterocycles. The van der Waals surface area contributed by atoms with E-state index in [1.807, 2.05) is 6.07 Å². The average molecular weight is 347 g/mol.